The van der Waals surface area contributed by atoms with Crippen LogP contribution in [0.3, 0.4) is 0 Å². The standard InChI is InChI=1S/C16H26N2OS/c1-4-17-16(2,3)15(19)18-14(12-8-5-6-9-12)13-10-7-11-20-13/h7,10-12,14,17H,4-6,8-9H2,1-3H3,(H,18,19). The van der Waals surface area contributed by atoms with E-state index in [2.05, 4.69) is 28.1 Å². The van der Waals surface area contributed by atoms with Gasteiger partial charge in [0.05, 0.1) is 11.6 Å². The number of thiophene rings is 1. The Bertz CT molecular complexity index is 422. The molecule has 1 heterocycles. The summed E-state index contributed by atoms with van der Waals surface area (Å²) in [6.45, 7) is 6.73. The summed E-state index contributed by atoms with van der Waals surface area (Å²) in [6, 6.07) is 4.40. The smallest absolute Gasteiger partial charge is 0.240 e. The number of amides is 1. The maximum Gasteiger partial charge on any atom is 0.240 e. The van der Waals surface area contributed by atoms with Crippen LogP contribution < -0.4 is 10.6 Å². The molecule has 1 aliphatic rings. The number of likely N-dealkylation sites (N-methyl/N-ethyl adjacent to an activating group) is 1. The quantitative estimate of drug-likeness (QED) is 0.843. The summed E-state index contributed by atoms with van der Waals surface area (Å²) >= 11 is 1.75. The second-order valence-corrected chi connectivity index (χ2v) is 7.15. The molecule has 1 fully saturated rings. The highest BCUT2D eigenvalue weighted by Gasteiger charge is 2.33. The molecule has 1 aliphatic carbocycles. The van der Waals surface area contributed by atoms with Crippen molar-refractivity contribution in [1.29, 1.82) is 0 Å². The highest BCUT2D eigenvalue weighted by Crippen LogP contribution is 2.37. The SMILES string of the molecule is CCNC(C)(C)C(=O)NC(c1cccs1)C1CCCC1. The first-order valence-electron chi connectivity index (χ1n) is 7.64. The van der Waals surface area contributed by atoms with E-state index in [1.54, 1.807) is 11.3 Å². The Morgan fingerprint density at radius 1 is 1.45 bits per heavy atom. The highest BCUT2D eigenvalue weighted by molar-refractivity contribution is 7.10. The molecule has 1 saturated carbocycles. The molecule has 3 nitrogen and oxygen atoms in total. The molecule has 4 heteroatoms. The van der Waals surface area contributed by atoms with Crippen LogP contribution in [0.2, 0.25) is 0 Å². The maximum atomic E-state index is 12.5. The fourth-order valence-corrected chi connectivity index (χ4v) is 3.89. The number of carbonyl (C=O) groups is 1. The van der Waals surface area contributed by atoms with Gasteiger partial charge in [0.2, 0.25) is 5.91 Å². The molecule has 0 radical (unpaired) electrons. The zero-order valence-corrected chi connectivity index (χ0v) is 13.6. The van der Waals surface area contributed by atoms with E-state index in [4.69, 9.17) is 0 Å². The minimum atomic E-state index is -0.511. The zero-order valence-electron chi connectivity index (χ0n) is 12.7. The molecular formula is C16H26N2OS. The lowest BCUT2D eigenvalue weighted by atomic mass is 9.95. The van der Waals surface area contributed by atoms with Gasteiger partial charge >= 0.3 is 0 Å². The van der Waals surface area contributed by atoms with Crippen molar-refractivity contribution in [2.75, 3.05) is 6.54 Å². The maximum absolute atomic E-state index is 12.5. The molecule has 1 unspecified atom stereocenters. The first-order valence-corrected chi connectivity index (χ1v) is 8.52. The van der Waals surface area contributed by atoms with E-state index in [1.807, 2.05) is 20.8 Å². The molecule has 2 N–H and O–H groups in total. The van der Waals surface area contributed by atoms with Crippen molar-refractivity contribution in [2.45, 2.75) is 58.0 Å². The van der Waals surface area contributed by atoms with Gasteiger partial charge in [-0.1, -0.05) is 25.8 Å². The predicted octanol–water partition coefficient (Wildman–Crippen LogP) is 3.48. The Morgan fingerprint density at radius 3 is 2.70 bits per heavy atom. The molecule has 20 heavy (non-hydrogen) atoms. The van der Waals surface area contributed by atoms with Crippen molar-refractivity contribution < 1.29 is 4.79 Å². The zero-order chi connectivity index (χ0) is 14.6. The van der Waals surface area contributed by atoms with E-state index in [0.29, 0.717) is 5.92 Å². The Labute approximate surface area is 126 Å². The largest absolute Gasteiger partial charge is 0.347 e. The lowest BCUT2D eigenvalue weighted by Gasteiger charge is -2.30. The number of hydrogen-bond acceptors (Lipinski definition) is 3. The van der Waals surface area contributed by atoms with Crippen LogP contribution in [0.15, 0.2) is 17.5 Å². The monoisotopic (exact) mass is 294 g/mol. The van der Waals surface area contributed by atoms with Crippen molar-refractivity contribution in [3.63, 3.8) is 0 Å². The average molecular weight is 294 g/mol. The number of hydrogen-bond donors (Lipinski definition) is 2. The van der Waals surface area contributed by atoms with Crippen LogP contribution >= 0.6 is 11.3 Å². The molecular weight excluding hydrogens is 268 g/mol. The normalized spacial score (nSPS) is 18.1. The van der Waals surface area contributed by atoms with Crippen molar-refractivity contribution in [3.8, 4) is 0 Å². The second kappa shape index (κ2) is 6.72. The molecule has 1 aromatic rings. The van der Waals surface area contributed by atoms with Gasteiger partial charge in [0.25, 0.3) is 0 Å². The first kappa shape index (κ1) is 15.5. The molecule has 0 bridgehead atoms. The molecule has 2 rings (SSSR count). The van der Waals surface area contributed by atoms with Gasteiger partial charge in [0.15, 0.2) is 0 Å². The van der Waals surface area contributed by atoms with Gasteiger partial charge in [-0.2, -0.15) is 0 Å². The molecule has 112 valence electrons. The van der Waals surface area contributed by atoms with Crippen LogP contribution in [-0.2, 0) is 4.79 Å². The van der Waals surface area contributed by atoms with E-state index in [0.717, 1.165) is 6.54 Å². The van der Waals surface area contributed by atoms with Crippen LogP contribution in [0.25, 0.3) is 0 Å². The fourth-order valence-electron chi connectivity index (χ4n) is 3.02. The second-order valence-electron chi connectivity index (χ2n) is 6.17. The Kier molecular flexibility index (Phi) is 5.22. The minimum absolute atomic E-state index is 0.102. The fraction of sp³-hybridized carbons (Fsp3) is 0.688. The summed E-state index contributed by atoms with van der Waals surface area (Å²) in [4.78, 5) is 13.8. The first-order chi connectivity index (χ1) is 9.54. The van der Waals surface area contributed by atoms with E-state index in [-0.39, 0.29) is 11.9 Å². The van der Waals surface area contributed by atoms with Crippen LogP contribution in [0.4, 0.5) is 0 Å². The molecule has 0 saturated heterocycles. The summed E-state index contributed by atoms with van der Waals surface area (Å²) in [7, 11) is 0. The summed E-state index contributed by atoms with van der Waals surface area (Å²) in [6.07, 6.45) is 5.03. The van der Waals surface area contributed by atoms with E-state index >= 15 is 0 Å². The van der Waals surface area contributed by atoms with E-state index < -0.39 is 5.54 Å². The van der Waals surface area contributed by atoms with Crippen molar-refractivity contribution in [3.05, 3.63) is 22.4 Å². The van der Waals surface area contributed by atoms with Gasteiger partial charge < -0.3 is 10.6 Å². The Balaban J connectivity index is 2.10. The Morgan fingerprint density at radius 2 is 2.15 bits per heavy atom. The molecule has 1 amide bonds. The topological polar surface area (TPSA) is 41.1 Å². The Hall–Kier alpha value is -0.870. The minimum Gasteiger partial charge on any atom is -0.347 e. The van der Waals surface area contributed by atoms with E-state index in [1.165, 1.54) is 30.6 Å². The summed E-state index contributed by atoms with van der Waals surface area (Å²) in [5.74, 6) is 0.694. The van der Waals surface area contributed by atoms with Crippen molar-refractivity contribution in [2.24, 2.45) is 5.92 Å². The van der Waals surface area contributed by atoms with Gasteiger partial charge in [-0.3, -0.25) is 4.79 Å². The molecule has 0 spiro atoms. The molecule has 1 aromatic heterocycles. The predicted molar refractivity (Wildman–Crippen MR) is 84.9 cm³/mol. The molecule has 1 atom stereocenters. The highest BCUT2D eigenvalue weighted by atomic mass is 32.1. The molecule has 0 aromatic carbocycles. The van der Waals surface area contributed by atoms with E-state index in [9.17, 15) is 4.79 Å². The lowest BCUT2D eigenvalue weighted by Crippen LogP contribution is -2.53. The van der Waals surface area contributed by atoms with Gasteiger partial charge in [0, 0.05) is 4.88 Å². The van der Waals surface area contributed by atoms with Crippen LogP contribution in [0.5, 0.6) is 0 Å². The number of rotatable bonds is 6. The van der Waals surface area contributed by atoms with Crippen molar-refractivity contribution >= 4 is 17.2 Å². The summed E-state index contributed by atoms with van der Waals surface area (Å²) < 4.78 is 0. The van der Waals surface area contributed by atoms with Crippen LogP contribution in [0.1, 0.15) is 57.4 Å². The summed E-state index contributed by atoms with van der Waals surface area (Å²) in [5, 5.41) is 8.65. The molecule has 0 aliphatic heterocycles. The third-order valence-corrected chi connectivity index (χ3v) is 5.15. The van der Waals surface area contributed by atoms with Crippen LogP contribution in [-0.4, -0.2) is 18.0 Å². The number of nitrogens with one attached hydrogen (secondary N) is 2. The lowest BCUT2D eigenvalue weighted by molar-refractivity contribution is -0.127. The van der Waals surface area contributed by atoms with Crippen molar-refractivity contribution in [1.82, 2.24) is 10.6 Å². The van der Waals surface area contributed by atoms with Gasteiger partial charge in [-0.15, -0.1) is 11.3 Å². The van der Waals surface area contributed by atoms with Gasteiger partial charge in [-0.25, -0.2) is 0 Å². The third kappa shape index (κ3) is 3.61. The third-order valence-electron chi connectivity index (χ3n) is 4.19. The summed E-state index contributed by atoms with van der Waals surface area (Å²) in [5.41, 5.74) is -0.511. The average Bonchev–Trinajstić information content (AvgIpc) is 3.08. The van der Waals surface area contributed by atoms with Crippen LogP contribution in [0, 0.1) is 5.92 Å². The van der Waals surface area contributed by atoms with Gasteiger partial charge in [-0.05, 0) is 50.6 Å². The van der Waals surface area contributed by atoms with Gasteiger partial charge in [0.1, 0.15) is 0 Å². The number of carbonyl (C=O) groups excluding carboxylic acids is 1.